The number of carbonyl (C=O) groups excluding carboxylic acids is 1. The van der Waals surface area contributed by atoms with Crippen molar-refractivity contribution in [3.63, 3.8) is 0 Å². The van der Waals surface area contributed by atoms with Crippen LogP contribution in [-0.2, 0) is 0 Å². The lowest BCUT2D eigenvalue weighted by atomic mass is 10.2. The van der Waals surface area contributed by atoms with Gasteiger partial charge in [-0.05, 0) is 24.5 Å². The predicted molar refractivity (Wildman–Crippen MR) is 70.6 cm³/mol. The molecule has 1 unspecified atom stereocenters. The van der Waals surface area contributed by atoms with Crippen molar-refractivity contribution >= 4 is 6.03 Å². The standard InChI is InChI=1S/C14H18F2N2O2/c1-10-4-6-18(9-10)14(19)17-5-7-20-11-2-3-12(15)13(16)8-11/h2-3,8,10H,4-7,9H2,1H3,(H,17,19). The molecule has 0 saturated carbocycles. The minimum absolute atomic E-state index is 0.108. The molecule has 6 heteroatoms. The fraction of sp³-hybridized carbons (Fsp3) is 0.500. The molecule has 0 spiro atoms. The number of benzene rings is 1. The van der Waals surface area contributed by atoms with Gasteiger partial charge in [0.2, 0.25) is 0 Å². The zero-order valence-electron chi connectivity index (χ0n) is 11.4. The fourth-order valence-electron chi connectivity index (χ4n) is 2.12. The van der Waals surface area contributed by atoms with Crippen LogP contribution in [0.15, 0.2) is 18.2 Å². The zero-order valence-corrected chi connectivity index (χ0v) is 11.4. The highest BCUT2D eigenvalue weighted by atomic mass is 19.2. The van der Waals surface area contributed by atoms with Gasteiger partial charge < -0.3 is 15.0 Å². The fourth-order valence-corrected chi connectivity index (χ4v) is 2.12. The maximum absolute atomic E-state index is 12.9. The lowest BCUT2D eigenvalue weighted by molar-refractivity contribution is 0.204. The molecule has 2 rings (SSSR count). The lowest BCUT2D eigenvalue weighted by Gasteiger charge is -2.16. The Kier molecular flexibility index (Phi) is 4.76. The van der Waals surface area contributed by atoms with E-state index in [0.29, 0.717) is 12.5 Å². The van der Waals surface area contributed by atoms with Crippen LogP contribution < -0.4 is 10.1 Å². The van der Waals surface area contributed by atoms with Crippen molar-refractivity contribution < 1.29 is 18.3 Å². The number of ether oxygens (including phenoxy) is 1. The molecule has 0 aromatic heterocycles. The number of nitrogens with zero attached hydrogens (tertiary/aromatic N) is 1. The van der Waals surface area contributed by atoms with E-state index in [1.165, 1.54) is 6.07 Å². The van der Waals surface area contributed by atoms with Gasteiger partial charge >= 0.3 is 6.03 Å². The number of hydrogen-bond acceptors (Lipinski definition) is 2. The summed E-state index contributed by atoms with van der Waals surface area (Å²) in [6, 6.07) is 3.24. The van der Waals surface area contributed by atoms with Crippen LogP contribution in [0.4, 0.5) is 13.6 Å². The first kappa shape index (κ1) is 14.6. The van der Waals surface area contributed by atoms with Gasteiger partial charge in [0.1, 0.15) is 12.4 Å². The monoisotopic (exact) mass is 284 g/mol. The second-order valence-electron chi connectivity index (χ2n) is 5.00. The molecule has 1 N–H and O–H groups in total. The van der Waals surface area contributed by atoms with Crippen molar-refractivity contribution in [2.24, 2.45) is 5.92 Å². The van der Waals surface area contributed by atoms with Crippen LogP contribution in [0.5, 0.6) is 5.75 Å². The largest absolute Gasteiger partial charge is 0.492 e. The number of carbonyl (C=O) groups is 1. The predicted octanol–water partition coefficient (Wildman–Crippen LogP) is 2.40. The molecular formula is C14H18F2N2O2. The average molecular weight is 284 g/mol. The third-order valence-electron chi connectivity index (χ3n) is 3.25. The summed E-state index contributed by atoms with van der Waals surface area (Å²) in [5, 5.41) is 2.74. The Morgan fingerprint density at radius 1 is 1.45 bits per heavy atom. The van der Waals surface area contributed by atoms with Crippen molar-refractivity contribution in [3.8, 4) is 5.75 Å². The summed E-state index contributed by atoms with van der Waals surface area (Å²) < 4.78 is 30.9. The second-order valence-corrected chi connectivity index (χ2v) is 5.00. The Morgan fingerprint density at radius 2 is 2.25 bits per heavy atom. The quantitative estimate of drug-likeness (QED) is 0.863. The molecule has 1 heterocycles. The number of halogens is 2. The molecular weight excluding hydrogens is 266 g/mol. The van der Waals surface area contributed by atoms with Gasteiger partial charge in [-0.25, -0.2) is 13.6 Å². The first-order valence-corrected chi connectivity index (χ1v) is 6.67. The highest BCUT2D eigenvalue weighted by Crippen LogP contribution is 2.15. The van der Waals surface area contributed by atoms with E-state index >= 15 is 0 Å². The van der Waals surface area contributed by atoms with Crippen LogP contribution in [0.1, 0.15) is 13.3 Å². The van der Waals surface area contributed by atoms with Crippen molar-refractivity contribution in [1.82, 2.24) is 10.2 Å². The van der Waals surface area contributed by atoms with Gasteiger partial charge in [-0.15, -0.1) is 0 Å². The van der Waals surface area contributed by atoms with E-state index in [1.54, 1.807) is 4.90 Å². The number of urea groups is 1. The maximum Gasteiger partial charge on any atom is 0.317 e. The third kappa shape index (κ3) is 3.82. The van der Waals surface area contributed by atoms with E-state index in [4.69, 9.17) is 4.74 Å². The molecule has 1 aliphatic rings. The van der Waals surface area contributed by atoms with E-state index in [9.17, 15) is 13.6 Å². The van der Waals surface area contributed by atoms with Crippen molar-refractivity contribution in [2.75, 3.05) is 26.2 Å². The SMILES string of the molecule is CC1CCN(C(=O)NCCOc2ccc(F)c(F)c2)C1. The van der Waals surface area contributed by atoms with E-state index in [1.807, 2.05) is 0 Å². The topological polar surface area (TPSA) is 41.6 Å². The van der Waals surface area contributed by atoms with Gasteiger partial charge in [-0.3, -0.25) is 0 Å². The third-order valence-corrected chi connectivity index (χ3v) is 3.25. The first-order valence-electron chi connectivity index (χ1n) is 6.67. The van der Waals surface area contributed by atoms with Gasteiger partial charge in [-0.2, -0.15) is 0 Å². The van der Waals surface area contributed by atoms with Crippen molar-refractivity contribution in [1.29, 1.82) is 0 Å². The summed E-state index contributed by atoms with van der Waals surface area (Å²) in [5.74, 6) is -1.07. The van der Waals surface area contributed by atoms with E-state index in [2.05, 4.69) is 12.2 Å². The van der Waals surface area contributed by atoms with Crippen molar-refractivity contribution in [2.45, 2.75) is 13.3 Å². The molecule has 0 radical (unpaired) electrons. The second kappa shape index (κ2) is 6.54. The Balaban J connectivity index is 1.68. The van der Waals surface area contributed by atoms with Gasteiger partial charge in [0.05, 0.1) is 6.54 Å². The molecule has 4 nitrogen and oxygen atoms in total. The van der Waals surface area contributed by atoms with Crippen LogP contribution in [0.2, 0.25) is 0 Å². The Labute approximate surface area is 116 Å². The van der Waals surface area contributed by atoms with Crippen LogP contribution >= 0.6 is 0 Å². The lowest BCUT2D eigenvalue weighted by Crippen LogP contribution is -2.40. The van der Waals surface area contributed by atoms with Gasteiger partial charge in [-0.1, -0.05) is 6.92 Å². The van der Waals surface area contributed by atoms with Crippen LogP contribution in [0, 0.1) is 17.6 Å². The van der Waals surface area contributed by atoms with E-state index in [-0.39, 0.29) is 18.4 Å². The maximum atomic E-state index is 12.9. The summed E-state index contributed by atoms with van der Waals surface area (Å²) in [6.07, 6.45) is 1.03. The normalized spacial score (nSPS) is 18.1. The Hall–Kier alpha value is -1.85. The van der Waals surface area contributed by atoms with Crippen LogP contribution in [0.3, 0.4) is 0 Å². The number of likely N-dealkylation sites (tertiary alicyclic amines) is 1. The molecule has 1 saturated heterocycles. The summed E-state index contributed by atoms with van der Waals surface area (Å²) >= 11 is 0. The Morgan fingerprint density at radius 3 is 2.90 bits per heavy atom. The number of nitrogens with one attached hydrogen (secondary N) is 1. The Bertz CT molecular complexity index is 482. The van der Waals surface area contributed by atoms with Gasteiger partial charge in [0.25, 0.3) is 0 Å². The number of rotatable bonds is 4. The molecule has 0 bridgehead atoms. The zero-order chi connectivity index (χ0) is 14.5. The first-order chi connectivity index (χ1) is 9.56. The van der Waals surface area contributed by atoms with Crippen molar-refractivity contribution in [3.05, 3.63) is 29.8 Å². The van der Waals surface area contributed by atoms with Crippen LogP contribution in [0.25, 0.3) is 0 Å². The molecule has 110 valence electrons. The smallest absolute Gasteiger partial charge is 0.317 e. The minimum Gasteiger partial charge on any atom is -0.492 e. The van der Waals surface area contributed by atoms with E-state index in [0.717, 1.165) is 31.6 Å². The summed E-state index contributed by atoms with van der Waals surface area (Å²) in [5.41, 5.74) is 0. The van der Waals surface area contributed by atoms with E-state index < -0.39 is 11.6 Å². The summed E-state index contributed by atoms with van der Waals surface area (Å²) in [6.45, 7) is 4.19. The molecule has 0 aliphatic carbocycles. The summed E-state index contributed by atoms with van der Waals surface area (Å²) in [7, 11) is 0. The molecule has 1 fully saturated rings. The number of amides is 2. The highest BCUT2D eigenvalue weighted by Gasteiger charge is 2.22. The molecule has 1 aromatic rings. The highest BCUT2D eigenvalue weighted by molar-refractivity contribution is 5.74. The van der Waals surface area contributed by atoms with Gasteiger partial charge in [0.15, 0.2) is 11.6 Å². The molecule has 2 amide bonds. The minimum atomic E-state index is -0.947. The molecule has 1 atom stereocenters. The molecule has 20 heavy (non-hydrogen) atoms. The average Bonchev–Trinajstić information content (AvgIpc) is 2.85. The van der Waals surface area contributed by atoms with Gasteiger partial charge in [0, 0.05) is 19.2 Å². The molecule has 1 aromatic carbocycles. The summed E-state index contributed by atoms with van der Waals surface area (Å²) in [4.78, 5) is 13.5. The molecule has 1 aliphatic heterocycles. The van der Waals surface area contributed by atoms with Crippen LogP contribution in [-0.4, -0.2) is 37.2 Å². The number of hydrogen-bond donors (Lipinski definition) is 1.